The number of nitrogens with zero attached hydrogens (tertiary/aromatic N) is 1. The van der Waals surface area contributed by atoms with Gasteiger partial charge in [-0.25, -0.2) is 0 Å². The van der Waals surface area contributed by atoms with Gasteiger partial charge in [0.05, 0.1) is 10.4 Å². The third-order valence-corrected chi connectivity index (χ3v) is 3.43. The first-order valence-electron chi connectivity index (χ1n) is 5.21. The monoisotopic (exact) mass is 268 g/mol. The van der Waals surface area contributed by atoms with Crippen LogP contribution in [0.3, 0.4) is 0 Å². The first-order chi connectivity index (χ1) is 7.58. The fraction of sp³-hybridized carbons (Fsp3) is 0.800. The topological polar surface area (TPSA) is 46.3 Å². The van der Waals surface area contributed by atoms with Crippen molar-refractivity contribution >= 4 is 23.1 Å². The molecule has 3 nitrogen and oxygen atoms in total. The Bertz CT molecular complexity index is 337. The van der Waals surface area contributed by atoms with Gasteiger partial charge in [0.25, 0.3) is 0 Å². The van der Waals surface area contributed by atoms with Crippen molar-refractivity contribution < 1.29 is 18.0 Å². The van der Waals surface area contributed by atoms with E-state index in [0.717, 1.165) is 7.05 Å². The average Bonchev–Trinajstić information content (AvgIpc) is 2.07. The minimum Gasteiger partial charge on any atom is -0.392 e. The van der Waals surface area contributed by atoms with Crippen LogP contribution in [0.15, 0.2) is 0 Å². The lowest BCUT2D eigenvalue weighted by Gasteiger charge is -2.46. The summed E-state index contributed by atoms with van der Waals surface area (Å²) in [5, 5.41) is 0. The summed E-state index contributed by atoms with van der Waals surface area (Å²) in [5.41, 5.74) is 4.44. The van der Waals surface area contributed by atoms with Gasteiger partial charge < -0.3 is 10.6 Å². The van der Waals surface area contributed by atoms with Gasteiger partial charge in [0, 0.05) is 7.05 Å². The van der Waals surface area contributed by atoms with E-state index in [4.69, 9.17) is 18.0 Å². The second-order valence-electron chi connectivity index (χ2n) is 4.74. The molecule has 0 aromatic rings. The minimum atomic E-state index is -4.41. The maximum Gasteiger partial charge on any atom is 0.406 e. The van der Waals surface area contributed by atoms with Gasteiger partial charge in [0.15, 0.2) is 0 Å². The smallest absolute Gasteiger partial charge is 0.392 e. The molecule has 0 aromatic heterocycles. The van der Waals surface area contributed by atoms with Crippen LogP contribution in [0.4, 0.5) is 13.2 Å². The Morgan fingerprint density at radius 2 is 2.00 bits per heavy atom. The van der Waals surface area contributed by atoms with E-state index in [0.29, 0.717) is 17.7 Å². The van der Waals surface area contributed by atoms with E-state index in [2.05, 4.69) is 0 Å². The van der Waals surface area contributed by atoms with Gasteiger partial charge in [-0.15, -0.1) is 0 Å². The number of amides is 1. The molecular weight excluding hydrogens is 253 g/mol. The molecule has 0 aliphatic heterocycles. The van der Waals surface area contributed by atoms with Crippen LogP contribution in [0.5, 0.6) is 0 Å². The van der Waals surface area contributed by atoms with E-state index in [1.54, 1.807) is 0 Å². The van der Waals surface area contributed by atoms with Crippen molar-refractivity contribution in [2.24, 2.45) is 17.1 Å². The number of hydrogen-bond donors (Lipinski definition) is 1. The SMILES string of the molecule is CC1CC(C(=O)N(C)CC(F)(F)F)(C(N)=S)C1. The molecule has 0 saturated heterocycles. The third-order valence-electron chi connectivity index (χ3n) is 3.04. The Hall–Kier alpha value is -0.850. The second kappa shape index (κ2) is 4.44. The van der Waals surface area contributed by atoms with Gasteiger partial charge in [0.2, 0.25) is 5.91 Å². The van der Waals surface area contributed by atoms with Gasteiger partial charge in [-0.3, -0.25) is 4.79 Å². The molecule has 98 valence electrons. The van der Waals surface area contributed by atoms with Crippen LogP contribution in [-0.2, 0) is 4.79 Å². The highest BCUT2D eigenvalue weighted by Gasteiger charge is 2.52. The molecule has 1 aliphatic carbocycles. The minimum absolute atomic E-state index is 0.00498. The highest BCUT2D eigenvalue weighted by molar-refractivity contribution is 7.80. The molecule has 2 N–H and O–H groups in total. The van der Waals surface area contributed by atoms with Crippen LogP contribution in [0, 0.1) is 11.3 Å². The van der Waals surface area contributed by atoms with Crippen molar-refractivity contribution in [3.63, 3.8) is 0 Å². The van der Waals surface area contributed by atoms with Crippen molar-refractivity contribution in [2.75, 3.05) is 13.6 Å². The predicted octanol–water partition coefficient (Wildman–Crippen LogP) is 1.71. The molecule has 1 saturated carbocycles. The van der Waals surface area contributed by atoms with Crippen molar-refractivity contribution in [2.45, 2.75) is 25.9 Å². The lowest BCUT2D eigenvalue weighted by molar-refractivity contribution is -0.166. The molecule has 0 bridgehead atoms. The lowest BCUT2D eigenvalue weighted by Crippen LogP contribution is -2.57. The van der Waals surface area contributed by atoms with Gasteiger partial charge in [-0.2, -0.15) is 13.2 Å². The van der Waals surface area contributed by atoms with Crippen LogP contribution in [0.2, 0.25) is 0 Å². The second-order valence-corrected chi connectivity index (χ2v) is 5.18. The Balaban J connectivity index is 2.77. The van der Waals surface area contributed by atoms with E-state index in [1.165, 1.54) is 0 Å². The average molecular weight is 268 g/mol. The molecule has 1 aliphatic rings. The van der Waals surface area contributed by atoms with Gasteiger partial charge in [-0.05, 0) is 18.8 Å². The summed E-state index contributed by atoms with van der Waals surface area (Å²) in [4.78, 5) is 12.6. The van der Waals surface area contributed by atoms with E-state index in [9.17, 15) is 18.0 Å². The lowest BCUT2D eigenvalue weighted by atomic mass is 9.61. The summed E-state index contributed by atoms with van der Waals surface area (Å²) in [5.74, 6) is -0.361. The highest BCUT2D eigenvalue weighted by Crippen LogP contribution is 2.47. The molecule has 7 heteroatoms. The zero-order chi connectivity index (χ0) is 13.4. The number of hydrogen-bond acceptors (Lipinski definition) is 2. The quantitative estimate of drug-likeness (QED) is 0.793. The zero-order valence-corrected chi connectivity index (χ0v) is 10.5. The molecule has 0 atom stereocenters. The molecular formula is C10H15F3N2OS. The maximum atomic E-state index is 12.2. The van der Waals surface area contributed by atoms with Gasteiger partial charge >= 0.3 is 6.18 Å². The van der Waals surface area contributed by atoms with Crippen LogP contribution in [0.25, 0.3) is 0 Å². The normalized spacial score (nSPS) is 28.4. The third kappa shape index (κ3) is 2.88. The van der Waals surface area contributed by atoms with Gasteiger partial charge in [-0.1, -0.05) is 19.1 Å². The van der Waals surface area contributed by atoms with E-state index in [-0.39, 0.29) is 10.9 Å². The van der Waals surface area contributed by atoms with Crippen LogP contribution in [0.1, 0.15) is 19.8 Å². The van der Waals surface area contributed by atoms with Crippen molar-refractivity contribution in [1.82, 2.24) is 4.90 Å². The summed E-state index contributed by atoms with van der Waals surface area (Å²) in [6.45, 7) is 0.637. The molecule has 1 amide bonds. The molecule has 0 radical (unpaired) electrons. The molecule has 0 unspecified atom stereocenters. The zero-order valence-electron chi connectivity index (χ0n) is 9.67. The number of nitrogens with two attached hydrogens (primary N) is 1. The predicted molar refractivity (Wildman–Crippen MR) is 61.3 cm³/mol. The summed E-state index contributed by atoms with van der Waals surface area (Å²) >= 11 is 4.82. The van der Waals surface area contributed by atoms with Gasteiger partial charge in [0.1, 0.15) is 6.54 Å². The van der Waals surface area contributed by atoms with Crippen LogP contribution >= 0.6 is 12.2 Å². The number of halogens is 3. The molecule has 0 spiro atoms. The first-order valence-corrected chi connectivity index (χ1v) is 5.61. The van der Waals surface area contributed by atoms with Crippen molar-refractivity contribution in [3.05, 3.63) is 0 Å². The standard InChI is InChI=1S/C10H15F3N2OS/c1-6-3-9(4-6,7(14)17)8(16)15(2)5-10(11,12)13/h6H,3-5H2,1-2H3,(H2,14,17). The van der Waals surface area contributed by atoms with Crippen molar-refractivity contribution in [3.8, 4) is 0 Å². The van der Waals surface area contributed by atoms with Crippen LogP contribution < -0.4 is 5.73 Å². The number of carbonyl (C=O) groups excluding carboxylic acids is 1. The highest BCUT2D eigenvalue weighted by atomic mass is 32.1. The van der Waals surface area contributed by atoms with Crippen LogP contribution in [-0.4, -0.2) is 35.6 Å². The van der Waals surface area contributed by atoms with E-state index >= 15 is 0 Å². The number of thiocarbonyl (C=S) groups is 1. The maximum absolute atomic E-state index is 12.2. The number of alkyl halides is 3. The number of carbonyl (C=O) groups is 1. The number of rotatable bonds is 3. The molecule has 0 aromatic carbocycles. The molecule has 0 heterocycles. The van der Waals surface area contributed by atoms with E-state index in [1.807, 2.05) is 6.92 Å². The largest absolute Gasteiger partial charge is 0.406 e. The summed E-state index contributed by atoms with van der Waals surface area (Å²) in [7, 11) is 1.12. The fourth-order valence-electron chi connectivity index (χ4n) is 2.32. The Kier molecular flexibility index (Phi) is 3.71. The summed E-state index contributed by atoms with van der Waals surface area (Å²) in [6.07, 6.45) is -3.54. The molecule has 1 fully saturated rings. The molecule has 1 rings (SSSR count). The van der Waals surface area contributed by atoms with E-state index < -0.39 is 24.0 Å². The Morgan fingerprint density at radius 3 is 2.29 bits per heavy atom. The fourth-order valence-corrected chi connectivity index (χ4v) is 2.57. The summed E-state index contributed by atoms with van der Waals surface area (Å²) in [6, 6.07) is 0. The first kappa shape index (κ1) is 14.2. The van der Waals surface area contributed by atoms with Crippen molar-refractivity contribution in [1.29, 1.82) is 0 Å². The Labute approximate surface area is 103 Å². The molecule has 17 heavy (non-hydrogen) atoms. The summed E-state index contributed by atoms with van der Waals surface area (Å²) < 4.78 is 36.6. The Morgan fingerprint density at radius 1 is 1.53 bits per heavy atom.